The highest BCUT2D eigenvalue weighted by molar-refractivity contribution is 7.89. The smallest absolute Gasteiger partial charge is 0.244 e. The van der Waals surface area contributed by atoms with E-state index in [-0.39, 0.29) is 15.8 Å². The van der Waals surface area contributed by atoms with Crippen LogP contribution in [0.15, 0.2) is 29.2 Å². The lowest BCUT2D eigenvalue weighted by atomic mass is 10.3. The molecule has 0 bridgehead atoms. The average Bonchev–Trinajstić information content (AvgIpc) is 2.65. The summed E-state index contributed by atoms with van der Waals surface area (Å²) in [5.74, 6) is 0.0674. The van der Waals surface area contributed by atoms with Crippen molar-refractivity contribution in [3.8, 4) is 0 Å². The molecule has 1 saturated heterocycles. The van der Waals surface area contributed by atoms with Crippen molar-refractivity contribution in [3.63, 3.8) is 0 Å². The summed E-state index contributed by atoms with van der Waals surface area (Å²) >= 11 is 6.05. The molecular weight excluding hydrogens is 374 g/mol. The lowest BCUT2D eigenvalue weighted by molar-refractivity contribution is -0.133. The molecule has 1 aliphatic rings. The second-order valence-corrected chi connectivity index (χ2v) is 8.75. The predicted molar refractivity (Wildman–Crippen MR) is 104 cm³/mol. The number of carbonyl (C=O) groups excluding carboxylic acids is 1. The minimum Gasteiger partial charge on any atom is -0.339 e. The van der Waals surface area contributed by atoms with Gasteiger partial charge in [-0.25, -0.2) is 8.42 Å². The number of hydrogen-bond donors (Lipinski definition) is 0. The molecule has 8 heteroatoms. The Labute approximate surface area is 161 Å². The van der Waals surface area contributed by atoms with E-state index in [1.807, 2.05) is 0 Å². The fourth-order valence-electron chi connectivity index (χ4n) is 2.99. The normalized spacial score (nSPS) is 16.2. The van der Waals surface area contributed by atoms with Gasteiger partial charge in [0.15, 0.2) is 0 Å². The third kappa shape index (κ3) is 5.19. The summed E-state index contributed by atoms with van der Waals surface area (Å²) in [6.45, 7) is 7.74. The minimum atomic E-state index is -3.63. The van der Waals surface area contributed by atoms with E-state index in [4.69, 9.17) is 11.6 Å². The molecule has 1 aromatic carbocycles. The molecule has 0 aromatic heterocycles. The van der Waals surface area contributed by atoms with E-state index in [2.05, 4.69) is 18.7 Å². The largest absolute Gasteiger partial charge is 0.339 e. The number of nitrogens with zero attached hydrogens (tertiary/aromatic N) is 3. The fraction of sp³-hybridized carbons (Fsp3) is 0.611. The molecule has 0 N–H and O–H groups in total. The standard InChI is InChI=1S/C18H28ClN3O3S/c1-3-5-10-20(4-2)15-18(23)21-11-13-22(14-12-21)26(24,25)17-9-7-6-8-16(17)19/h6-9H,3-5,10-15H2,1-2H3. The molecule has 1 heterocycles. The van der Waals surface area contributed by atoms with E-state index in [0.717, 1.165) is 25.9 Å². The molecule has 2 rings (SSSR count). The Hall–Kier alpha value is -1.15. The number of rotatable bonds is 8. The molecule has 1 amide bonds. The van der Waals surface area contributed by atoms with Gasteiger partial charge in [-0.2, -0.15) is 4.31 Å². The van der Waals surface area contributed by atoms with Crippen LogP contribution in [0.3, 0.4) is 0 Å². The highest BCUT2D eigenvalue weighted by Crippen LogP contribution is 2.25. The van der Waals surface area contributed by atoms with Crippen LogP contribution in [0.25, 0.3) is 0 Å². The van der Waals surface area contributed by atoms with Crippen molar-refractivity contribution in [3.05, 3.63) is 29.3 Å². The van der Waals surface area contributed by atoms with Crippen molar-refractivity contribution in [1.82, 2.24) is 14.1 Å². The van der Waals surface area contributed by atoms with Crippen LogP contribution in [-0.4, -0.2) is 74.2 Å². The van der Waals surface area contributed by atoms with Gasteiger partial charge in [0.05, 0.1) is 11.6 Å². The molecule has 1 aromatic rings. The zero-order valence-corrected chi connectivity index (χ0v) is 17.1. The van der Waals surface area contributed by atoms with E-state index in [1.165, 1.54) is 10.4 Å². The first-order valence-corrected chi connectivity index (χ1v) is 11.0. The van der Waals surface area contributed by atoms with Gasteiger partial charge in [-0.1, -0.05) is 44.0 Å². The lowest BCUT2D eigenvalue weighted by Crippen LogP contribution is -2.52. The quantitative estimate of drug-likeness (QED) is 0.670. The third-order valence-electron chi connectivity index (χ3n) is 4.68. The molecule has 146 valence electrons. The average molecular weight is 402 g/mol. The summed E-state index contributed by atoms with van der Waals surface area (Å²) in [7, 11) is -3.63. The van der Waals surface area contributed by atoms with Crippen LogP contribution in [0.5, 0.6) is 0 Å². The van der Waals surface area contributed by atoms with Crippen LogP contribution in [0.4, 0.5) is 0 Å². The van der Waals surface area contributed by atoms with E-state index in [1.54, 1.807) is 23.1 Å². The first kappa shape index (κ1) is 21.2. The summed E-state index contributed by atoms with van der Waals surface area (Å²) < 4.78 is 26.9. The molecule has 26 heavy (non-hydrogen) atoms. The van der Waals surface area contributed by atoms with Gasteiger partial charge in [-0.05, 0) is 31.6 Å². The second kappa shape index (κ2) is 9.69. The zero-order valence-electron chi connectivity index (χ0n) is 15.5. The summed E-state index contributed by atoms with van der Waals surface area (Å²) in [6, 6.07) is 6.45. The zero-order chi connectivity index (χ0) is 19.2. The van der Waals surface area contributed by atoms with Gasteiger partial charge in [0.2, 0.25) is 15.9 Å². The molecule has 1 aliphatic heterocycles. The molecule has 1 fully saturated rings. The number of unbranched alkanes of at least 4 members (excludes halogenated alkanes) is 1. The molecule has 6 nitrogen and oxygen atoms in total. The first-order valence-electron chi connectivity index (χ1n) is 9.15. The number of sulfonamides is 1. The summed E-state index contributed by atoms with van der Waals surface area (Å²) in [4.78, 5) is 16.5. The van der Waals surface area contributed by atoms with Crippen molar-refractivity contribution in [1.29, 1.82) is 0 Å². The predicted octanol–water partition coefficient (Wildman–Crippen LogP) is 2.29. The highest BCUT2D eigenvalue weighted by atomic mass is 35.5. The van der Waals surface area contributed by atoms with Crippen LogP contribution in [0.1, 0.15) is 26.7 Å². The van der Waals surface area contributed by atoms with Gasteiger partial charge < -0.3 is 4.90 Å². The van der Waals surface area contributed by atoms with Gasteiger partial charge in [0.1, 0.15) is 4.90 Å². The maximum atomic E-state index is 12.8. The topological polar surface area (TPSA) is 60.9 Å². The maximum absolute atomic E-state index is 12.8. The van der Waals surface area contributed by atoms with E-state index < -0.39 is 10.0 Å². The Morgan fingerprint density at radius 3 is 2.38 bits per heavy atom. The number of benzene rings is 1. The van der Waals surface area contributed by atoms with Crippen molar-refractivity contribution in [2.45, 2.75) is 31.6 Å². The Morgan fingerprint density at radius 1 is 1.15 bits per heavy atom. The summed E-state index contributed by atoms with van der Waals surface area (Å²) in [6.07, 6.45) is 2.17. The van der Waals surface area contributed by atoms with Gasteiger partial charge in [0, 0.05) is 26.2 Å². The van der Waals surface area contributed by atoms with Crippen molar-refractivity contribution in [2.24, 2.45) is 0 Å². The molecule has 0 unspecified atom stereocenters. The number of carbonyl (C=O) groups is 1. The Bertz CT molecular complexity index is 703. The summed E-state index contributed by atoms with van der Waals surface area (Å²) in [5.41, 5.74) is 0. The van der Waals surface area contributed by atoms with Crippen LogP contribution >= 0.6 is 11.6 Å². The number of likely N-dealkylation sites (N-methyl/N-ethyl adjacent to an activating group) is 1. The molecule has 0 saturated carbocycles. The lowest BCUT2D eigenvalue weighted by Gasteiger charge is -2.35. The van der Waals surface area contributed by atoms with Crippen molar-refractivity contribution in [2.75, 3.05) is 45.8 Å². The van der Waals surface area contributed by atoms with Gasteiger partial charge in [-0.15, -0.1) is 0 Å². The van der Waals surface area contributed by atoms with Crippen LogP contribution < -0.4 is 0 Å². The Morgan fingerprint density at radius 2 is 1.81 bits per heavy atom. The van der Waals surface area contributed by atoms with Gasteiger partial charge in [0.25, 0.3) is 0 Å². The SMILES string of the molecule is CCCCN(CC)CC(=O)N1CCN(S(=O)(=O)c2ccccc2Cl)CC1. The monoisotopic (exact) mass is 401 g/mol. The maximum Gasteiger partial charge on any atom is 0.244 e. The second-order valence-electron chi connectivity index (χ2n) is 6.44. The summed E-state index contributed by atoms with van der Waals surface area (Å²) in [5, 5.41) is 0.223. The molecule has 0 spiro atoms. The Kier molecular flexibility index (Phi) is 7.88. The first-order chi connectivity index (χ1) is 12.4. The van der Waals surface area contributed by atoms with E-state index in [0.29, 0.717) is 32.7 Å². The van der Waals surface area contributed by atoms with Crippen LogP contribution in [0.2, 0.25) is 5.02 Å². The van der Waals surface area contributed by atoms with E-state index >= 15 is 0 Å². The van der Waals surface area contributed by atoms with Crippen molar-refractivity contribution >= 4 is 27.5 Å². The Balaban J connectivity index is 1.94. The number of piperazine rings is 1. The fourth-order valence-corrected chi connectivity index (χ4v) is 4.91. The van der Waals surface area contributed by atoms with Gasteiger partial charge >= 0.3 is 0 Å². The van der Waals surface area contributed by atoms with E-state index in [9.17, 15) is 13.2 Å². The highest BCUT2D eigenvalue weighted by Gasteiger charge is 2.31. The number of amides is 1. The molecule has 0 aliphatic carbocycles. The van der Waals surface area contributed by atoms with Gasteiger partial charge in [-0.3, -0.25) is 9.69 Å². The number of halogens is 1. The molecule has 0 radical (unpaired) electrons. The van der Waals surface area contributed by atoms with Crippen LogP contribution in [-0.2, 0) is 14.8 Å². The minimum absolute atomic E-state index is 0.0674. The number of hydrogen-bond acceptors (Lipinski definition) is 4. The molecular formula is C18H28ClN3O3S. The van der Waals surface area contributed by atoms with Crippen LogP contribution in [0, 0.1) is 0 Å². The van der Waals surface area contributed by atoms with Crippen molar-refractivity contribution < 1.29 is 13.2 Å². The molecule has 0 atom stereocenters. The third-order valence-corrected chi connectivity index (χ3v) is 7.08.